The summed E-state index contributed by atoms with van der Waals surface area (Å²) in [5.74, 6) is -1.94. The quantitative estimate of drug-likeness (QED) is 0.482. The number of halogens is 1. The highest BCUT2D eigenvalue weighted by atomic mass is 19.1. The lowest BCUT2D eigenvalue weighted by molar-refractivity contribution is -0.384. The van der Waals surface area contributed by atoms with Gasteiger partial charge < -0.3 is 15.0 Å². The van der Waals surface area contributed by atoms with Crippen LogP contribution in [0.25, 0.3) is 0 Å². The highest BCUT2D eigenvalue weighted by Crippen LogP contribution is 2.27. The number of carbonyl (C=O) groups excluding carboxylic acids is 2. The largest absolute Gasteiger partial charge is 0.452 e. The van der Waals surface area contributed by atoms with Crippen molar-refractivity contribution in [2.45, 2.75) is 0 Å². The van der Waals surface area contributed by atoms with E-state index in [0.29, 0.717) is 11.4 Å². The number of hydrogen-bond acceptors (Lipinski definition) is 6. The van der Waals surface area contributed by atoms with Crippen LogP contribution in [0, 0.1) is 15.9 Å². The van der Waals surface area contributed by atoms with Gasteiger partial charge in [0.25, 0.3) is 11.6 Å². The molecular formula is C17H16FN3O5. The minimum Gasteiger partial charge on any atom is -0.452 e. The van der Waals surface area contributed by atoms with E-state index in [1.54, 1.807) is 19.0 Å². The number of carbonyl (C=O) groups is 2. The number of nitrogens with zero attached hydrogens (tertiary/aromatic N) is 2. The van der Waals surface area contributed by atoms with Crippen molar-refractivity contribution in [1.29, 1.82) is 0 Å². The first-order chi connectivity index (χ1) is 12.3. The molecule has 0 aliphatic carbocycles. The fraction of sp³-hybridized carbons (Fsp3) is 0.176. The summed E-state index contributed by atoms with van der Waals surface area (Å²) in [6.45, 7) is -0.584. The van der Waals surface area contributed by atoms with Crippen molar-refractivity contribution in [3.63, 3.8) is 0 Å². The van der Waals surface area contributed by atoms with Crippen LogP contribution in [-0.2, 0) is 9.53 Å². The molecule has 1 N–H and O–H groups in total. The lowest BCUT2D eigenvalue weighted by Gasteiger charge is -2.13. The first kappa shape index (κ1) is 18.8. The van der Waals surface area contributed by atoms with E-state index in [-0.39, 0.29) is 11.3 Å². The number of rotatable bonds is 6. The normalized spacial score (nSPS) is 10.1. The second-order valence-electron chi connectivity index (χ2n) is 5.49. The standard InChI is InChI=1S/C17H16FN3O5/c1-20(2)14-8-3-11(9-15(14)21(24)25)17(23)26-10-16(22)19-13-6-4-12(18)5-7-13/h3-9H,10H2,1-2H3,(H,19,22). The molecular weight excluding hydrogens is 345 g/mol. The summed E-state index contributed by atoms with van der Waals surface area (Å²) in [7, 11) is 3.28. The van der Waals surface area contributed by atoms with E-state index in [1.807, 2.05) is 0 Å². The molecule has 0 aromatic heterocycles. The van der Waals surface area contributed by atoms with Gasteiger partial charge in [0, 0.05) is 25.8 Å². The SMILES string of the molecule is CN(C)c1ccc(C(=O)OCC(=O)Nc2ccc(F)cc2)cc1[N+](=O)[O-]. The van der Waals surface area contributed by atoms with Crippen LogP contribution in [0.4, 0.5) is 21.5 Å². The van der Waals surface area contributed by atoms with Gasteiger partial charge in [-0.3, -0.25) is 14.9 Å². The Kier molecular flexibility index (Phi) is 5.84. The Labute approximate surface area is 148 Å². The lowest BCUT2D eigenvalue weighted by Crippen LogP contribution is -2.21. The van der Waals surface area contributed by atoms with Gasteiger partial charge in [-0.15, -0.1) is 0 Å². The molecule has 0 saturated carbocycles. The highest BCUT2D eigenvalue weighted by molar-refractivity contribution is 5.96. The van der Waals surface area contributed by atoms with Gasteiger partial charge in [0.05, 0.1) is 10.5 Å². The molecule has 0 aliphatic rings. The number of benzene rings is 2. The minimum absolute atomic E-state index is 0.0446. The van der Waals surface area contributed by atoms with Crippen molar-refractivity contribution in [2.75, 3.05) is 30.9 Å². The Morgan fingerprint density at radius 2 is 1.85 bits per heavy atom. The van der Waals surface area contributed by atoms with Crippen LogP contribution in [0.5, 0.6) is 0 Å². The van der Waals surface area contributed by atoms with Crippen LogP contribution < -0.4 is 10.2 Å². The molecule has 0 fully saturated rings. The maximum atomic E-state index is 12.8. The molecule has 0 radical (unpaired) electrons. The Morgan fingerprint density at radius 3 is 2.42 bits per heavy atom. The van der Waals surface area contributed by atoms with Crippen LogP contribution in [-0.4, -0.2) is 37.5 Å². The van der Waals surface area contributed by atoms with E-state index in [4.69, 9.17) is 4.74 Å². The lowest BCUT2D eigenvalue weighted by atomic mass is 10.1. The average molecular weight is 361 g/mol. The van der Waals surface area contributed by atoms with Crippen LogP contribution in [0.2, 0.25) is 0 Å². The number of nitro benzene ring substituents is 1. The van der Waals surface area contributed by atoms with E-state index in [1.165, 1.54) is 36.4 Å². The topological polar surface area (TPSA) is 102 Å². The summed E-state index contributed by atoms with van der Waals surface area (Å²) in [6.07, 6.45) is 0. The Balaban J connectivity index is 2.01. The molecule has 8 nitrogen and oxygen atoms in total. The number of amides is 1. The smallest absolute Gasteiger partial charge is 0.338 e. The zero-order chi connectivity index (χ0) is 19.3. The van der Waals surface area contributed by atoms with Gasteiger partial charge in [0.15, 0.2) is 6.61 Å². The van der Waals surface area contributed by atoms with Gasteiger partial charge >= 0.3 is 5.97 Å². The van der Waals surface area contributed by atoms with Crippen molar-refractivity contribution in [3.8, 4) is 0 Å². The Hall–Kier alpha value is -3.49. The van der Waals surface area contributed by atoms with Crippen molar-refractivity contribution in [3.05, 3.63) is 64.0 Å². The molecule has 2 aromatic rings. The molecule has 0 heterocycles. The first-order valence-corrected chi connectivity index (χ1v) is 7.46. The van der Waals surface area contributed by atoms with Crippen molar-refractivity contribution >= 4 is 28.9 Å². The van der Waals surface area contributed by atoms with Crippen molar-refractivity contribution in [2.24, 2.45) is 0 Å². The van der Waals surface area contributed by atoms with E-state index < -0.39 is 29.2 Å². The van der Waals surface area contributed by atoms with E-state index in [2.05, 4.69) is 5.32 Å². The summed E-state index contributed by atoms with van der Waals surface area (Å²) in [4.78, 5) is 35.8. The zero-order valence-corrected chi connectivity index (χ0v) is 14.1. The number of esters is 1. The fourth-order valence-corrected chi connectivity index (χ4v) is 2.12. The van der Waals surface area contributed by atoms with Gasteiger partial charge in [-0.05, 0) is 36.4 Å². The molecule has 9 heteroatoms. The van der Waals surface area contributed by atoms with Crippen LogP contribution in [0.1, 0.15) is 10.4 Å². The number of nitrogens with one attached hydrogen (secondary N) is 1. The maximum Gasteiger partial charge on any atom is 0.338 e. The van der Waals surface area contributed by atoms with Gasteiger partial charge in [0.2, 0.25) is 0 Å². The summed E-state index contributed by atoms with van der Waals surface area (Å²) in [5, 5.41) is 13.6. The predicted octanol–water partition coefficient (Wildman–Crippen LogP) is 2.60. The van der Waals surface area contributed by atoms with Gasteiger partial charge in [-0.1, -0.05) is 0 Å². The first-order valence-electron chi connectivity index (χ1n) is 7.46. The van der Waals surface area contributed by atoms with Gasteiger partial charge in [-0.25, -0.2) is 9.18 Å². The average Bonchev–Trinajstić information content (AvgIpc) is 2.61. The molecule has 0 unspecified atom stereocenters. The van der Waals surface area contributed by atoms with E-state index in [0.717, 1.165) is 6.07 Å². The zero-order valence-electron chi connectivity index (χ0n) is 14.1. The van der Waals surface area contributed by atoms with Crippen LogP contribution in [0.3, 0.4) is 0 Å². The van der Waals surface area contributed by atoms with Crippen LogP contribution in [0.15, 0.2) is 42.5 Å². The van der Waals surface area contributed by atoms with Gasteiger partial charge in [-0.2, -0.15) is 0 Å². The Bertz CT molecular complexity index is 837. The highest BCUT2D eigenvalue weighted by Gasteiger charge is 2.20. The maximum absolute atomic E-state index is 12.8. The molecule has 0 saturated heterocycles. The second kappa shape index (κ2) is 8.06. The molecule has 26 heavy (non-hydrogen) atoms. The van der Waals surface area contributed by atoms with Crippen molar-refractivity contribution in [1.82, 2.24) is 0 Å². The molecule has 2 aromatic carbocycles. The fourth-order valence-electron chi connectivity index (χ4n) is 2.12. The molecule has 1 amide bonds. The third-order valence-corrected chi connectivity index (χ3v) is 3.35. The summed E-state index contributed by atoms with van der Waals surface area (Å²) in [5.41, 5.74) is 0.385. The van der Waals surface area contributed by atoms with Gasteiger partial charge in [0.1, 0.15) is 11.5 Å². The summed E-state index contributed by atoms with van der Waals surface area (Å²) in [6, 6.07) is 8.96. The summed E-state index contributed by atoms with van der Waals surface area (Å²) < 4.78 is 17.7. The number of anilines is 2. The predicted molar refractivity (Wildman–Crippen MR) is 92.7 cm³/mol. The molecule has 136 valence electrons. The molecule has 2 rings (SSSR count). The van der Waals surface area contributed by atoms with Crippen LogP contribution >= 0.6 is 0 Å². The van der Waals surface area contributed by atoms with E-state index in [9.17, 15) is 24.1 Å². The molecule has 0 aliphatic heterocycles. The summed E-state index contributed by atoms with van der Waals surface area (Å²) >= 11 is 0. The third kappa shape index (κ3) is 4.76. The molecule has 0 bridgehead atoms. The Morgan fingerprint density at radius 1 is 1.19 bits per heavy atom. The second-order valence-corrected chi connectivity index (χ2v) is 5.49. The number of nitro groups is 1. The number of ether oxygens (including phenoxy) is 1. The molecule has 0 spiro atoms. The van der Waals surface area contributed by atoms with Crippen molar-refractivity contribution < 1.29 is 23.6 Å². The minimum atomic E-state index is -0.868. The monoisotopic (exact) mass is 361 g/mol. The molecule has 0 atom stereocenters. The van der Waals surface area contributed by atoms with E-state index >= 15 is 0 Å². The number of hydrogen-bond donors (Lipinski definition) is 1. The third-order valence-electron chi connectivity index (χ3n) is 3.35.